The topological polar surface area (TPSA) is 9.23 Å². The van der Waals surface area contributed by atoms with E-state index in [-0.39, 0.29) is 0 Å². The van der Waals surface area contributed by atoms with Gasteiger partial charge in [-0.3, -0.25) is 0 Å². The number of aryl methyl sites for hydroxylation is 1. The fourth-order valence-corrected chi connectivity index (χ4v) is 2.24. The Morgan fingerprint density at radius 3 is 2.59 bits per heavy atom. The van der Waals surface area contributed by atoms with E-state index in [1.807, 2.05) is 43.3 Å². The molecular formula is C14H12Br2O. The van der Waals surface area contributed by atoms with Crippen LogP contribution in [0.1, 0.15) is 11.1 Å². The van der Waals surface area contributed by atoms with Crippen molar-refractivity contribution in [1.82, 2.24) is 0 Å². The number of hydrogen-bond acceptors (Lipinski definition) is 1. The smallest absolute Gasteiger partial charge is 0.123 e. The Hall–Kier alpha value is -0.800. The van der Waals surface area contributed by atoms with Crippen molar-refractivity contribution >= 4 is 31.9 Å². The van der Waals surface area contributed by atoms with Crippen molar-refractivity contribution in [2.45, 2.75) is 13.5 Å². The fourth-order valence-electron chi connectivity index (χ4n) is 1.50. The van der Waals surface area contributed by atoms with E-state index in [2.05, 4.69) is 37.9 Å². The van der Waals surface area contributed by atoms with Gasteiger partial charge in [-0.25, -0.2) is 0 Å². The van der Waals surface area contributed by atoms with Gasteiger partial charge in [0.05, 0.1) is 0 Å². The Labute approximate surface area is 118 Å². The van der Waals surface area contributed by atoms with Crippen molar-refractivity contribution in [3.63, 3.8) is 0 Å². The molecular weight excluding hydrogens is 344 g/mol. The van der Waals surface area contributed by atoms with Crippen molar-refractivity contribution in [3.05, 3.63) is 62.5 Å². The molecule has 0 amide bonds. The monoisotopic (exact) mass is 354 g/mol. The summed E-state index contributed by atoms with van der Waals surface area (Å²) in [6, 6.07) is 14.1. The minimum absolute atomic E-state index is 0.568. The van der Waals surface area contributed by atoms with Gasteiger partial charge in [-0.15, -0.1) is 0 Å². The number of rotatable bonds is 3. The van der Waals surface area contributed by atoms with Crippen LogP contribution in [-0.2, 0) is 6.61 Å². The average molecular weight is 356 g/mol. The van der Waals surface area contributed by atoms with Gasteiger partial charge in [0.2, 0.25) is 0 Å². The number of ether oxygens (including phenoxy) is 1. The second-order valence-corrected chi connectivity index (χ2v) is 5.56. The first-order chi connectivity index (χ1) is 8.16. The summed E-state index contributed by atoms with van der Waals surface area (Å²) in [5.41, 5.74) is 2.28. The standard InChI is InChI=1S/C14H12Br2O/c1-10-6-7-12(15)8-14(10)17-9-11-4-2-3-5-13(11)16/h2-8H,9H2,1H3. The van der Waals surface area contributed by atoms with E-state index in [4.69, 9.17) is 4.74 Å². The predicted octanol–water partition coefficient (Wildman–Crippen LogP) is 5.10. The zero-order chi connectivity index (χ0) is 12.3. The molecule has 0 radical (unpaired) electrons. The highest BCUT2D eigenvalue weighted by Crippen LogP contribution is 2.25. The summed E-state index contributed by atoms with van der Waals surface area (Å²) in [6.07, 6.45) is 0. The van der Waals surface area contributed by atoms with Gasteiger partial charge in [-0.05, 0) is 30.7 Å². The average Bonchev–Trinajstić information content (AvgIpc) is 2.32. The fraction of sp³-hybridized carbons (Fsp3) is 0.143. The Morgan fingerprint density at radius 2 is 1.82 bits per heavy atom. The van der Waals surface area contributed by atoms with Crippen LogP contribution in [0.3, 0.4) is 0 Å². The molecule has 88 valence electrons. The Bertz CT molecular complexity index is 523. The highest BCUT2D eigenvalue weighted by molar-refractivity contribution is 9.10. The first-order valence-electron chi connectivity index (χ1n) is 5.29. The molecule has 2 aromatic rings. The van der Waals surface area contributed by atoms with E-state index < -0.39 is 0 Å². The minimum atomic E-state index is 0.568. The molecule has 0 fully saturated rings. The third-order valence-electron chi connectivity index (χ3n) is 2.49. The third-order valence-corrected chi connectivity index (χ3v) is 3.76. The molecule has 0 atom stereocenters. The highest BCUT2D eigenvalue weighted by atomic mass is 79.9. The van der Waals surface area contributed by atoms with Crippen molar-refractivity contribution in [1.29, 1.82) is 0 Å². The summed E-state index contributed by atoms with van der Waals surface area (Å²) in [7, 11) is 0. The van der Waals surface area contributed by atoms with E-state index in [9.17, 15) is 0 Å². The summed E-state index contributed by atoms with van der Waals surface area (Å²) < 4.78 is 7.93. The molecule has 0 aliphatic carbocycles. The van der Waals surface area contributed by atoms with Crippen LogP contribution in [0.25, 0.3) is 0 Å². The lowest BCUT2D eigenvalue weighted by Gasteiger charge is -2.10. The zero-order valence-corrected chi connectivity index (χ0v) is 12.6. The van der Waals surface area contributed by atoms with Crippen LogP contribution >= 0.6 is 31.9 Å². The predicted molar refractivity (Wildman–Crippen MR) is 77.4 cm³/mol. The summed E-state index contributed by atoms with van der Waals surface area (Å²) >= 11 is 6.96. The van der Waals surface area contributed by atoms with Crippen molar-refractivity contribution < 1.29 is 4.74 Å². The van der Waals surface area contributed by atoms with Crippen LogP contribution in [0.4, 0.5) is 0 Å². The first kappa shape index (κ1) is 12.7. The van der Waals surface area contributed by atoms with Gasteiger partial charge in [0.15, 0.2) is 0 Å². The second kappa shape index (κ2) is 5.69. The van der Waals surface area contributed by atoms with Crippen LogP contribution in [-0.4, -0.2) is 0 Å². The molecule has 0 saturated carbocycles. The lowest BCUT2D eigenvalue weighted by molar-refractivity contribution is 0.303. The Kier molecular flexibility index (Phi) is 4.24. The molecule has 0 unspecified atom stereocenters. The maximum absolute atomic E-state index is 5.82. The number of benzene rings is 2. The SMILES string of the molecule is Cc1ccc(Br)cc1OCc1ccccc1Br. The molecule has 1 nitrogen and oxygen atoms in total. The molecule has 0 bridgehead atoms. The van der Waals surface area contributed by atoms with Crippen molar-refractivity contribution in [2.75, 3.05) is 0 Å². The highest BCUT2D eigenvalue weighted by Gasteiger charge is 2.03. The third kappa shape index (κ3) is 3.33. The van der Waals surface area contributed by atoms with Crippen LogP contribution in [0.2, 0.25) is 0 Å². The van der Waals surface area contributed by atoms with Crippen LogP contribution in [0.5, 0.6) is 5.75 Å². The molecule has 0 aromatic heterocycles. The van der Waals surface area contributed by atoms with Crippen LogP contribution in [0.15, 0.2) is 51.4 Å². The number of hydrogen-bond donors (Lipinski definition) is 0. The summed E-state index contributed by atoms with van der Waals surface area (Å²) in [4.78, 5) is 0. The summed E-state index contributed by atoms with van der Waals surface area (Å²) in [6.45, 7) is 2.61. The molecule has 0 heterocycles. The molecule has 0 aliphatic heterocycles. The van der Waals surface area contributed by atoms with E-state index in [1.165, 1.54) is 0 Å². The molecule has 2 rings (SSSR count). The Morgan fingerprint density at radius 1 is 1.06 bits per heavy atom. The van der Waals surface area contributed by atoms with E-state index in [1.54, 1.807) is 0 Å². The van der Waals surface area contributed by atoms with Crippen LogP contribution in [0, 0.1) is 6.92 Å². The molecule has 0 aliphatic rings. The van der Waals surface area contributed by atoms with Crippen LogP contribution < -0.4 is 4.74 Å². The van der Waals surface area contributed by atoms with Gasteiger partial charge in [-0.1, -0.05) is 56.1 Å². The largest absolute Gasteiger partial charge is 0.489 e. The van der Waals surface area contributed by atoms with E-state index in [0.717, 1.165) is 25.8 Å². The van der Waals surface area contributed by atoms with Gasteiger partial charge in [0.25, 0.3) is 0 Å². The normalized spacial score (nSPS) is 10.3. The quantitative estimate of drug-likeness (QED) is 0.744. The maximum atomic E-state index is 5.82. The minimum Gasteiger partial charge on any atom is -0.489 e. The van der Waals surface area contributed by atoms with Gasteiger partial charge in [0.1, 0.15) is 12.4 Å². The summed E-state index contributed by atoms with van der Waals surface area (Å²) in [5.74, 6) is 0.912. The van der Waals surface area contributed by atoms with Gasteiger partial charge >= 0.3 is 0 Å². The molecule has 0 saturated heterocycles. The second-order valence-electron chi connectivity index (χ2n) is 3.79. The first-order valence-corrected chi connectivity index (χ1v) is 6.88. The zero-order valence-electron chi connectivity index (χ0n) is 9.41. The Balaban J connectivity index is 2.12. The maximum Gasteiger partial charge on any atom is 0.123 e. The van der Waals surface area contributed by atoms with E-state index in [0.29, 0.717) is 6.61 Å². The lowest BCUT2D eigenvalue weighted by atomic mass is 10.2. The van der Waals surface area contributed by atoms with Gasteiger partial charge in [0, 0.05) is 14.5 Å². The lowest BCUT2D eigenvalue weighted by Crippen LogP contribution is -1.97. The molecule has 2 aromatic carbocycles. The van der Waals surface area contributed by atoms with E-state index >= 15 is 0 Å². The molecule has 0 spiro atoms. The van der Waals surface area contributed by atoms with Gasteiger partial charge < -0.3 is 4.74 Å². The van der Waals surface area contributed by atoms with Crippen molar-refractivity contribution in [3.8, 4) is 5.75 Å². The van der Waals surface area contributed by atoms with Gasteiger partial charge in [-0.2, -0.15) is 0 Å². The molecule has 17 heavy (non-hydrogen) atoms. The van der Waals surface area contributed by atoms with Crippen molar-refractivity contribution in [2.24, 2.45) is 0 Å². The summed E-state index contributed by atoms with van der Waals surface area (Å²) in [5, 5.41) is 0. The molecule has 0 N–H and O–H groups in total. The molecule has 3 heteroatoms. The number of halogens is 2.